The second-order valence-corrected chi connectivity index (χ2v) is 5.00. The summed E-state index contributed by atoms with van der Waals surface area (Å²) < 4.78 is 15.3. The first-order valence-corrected chi connectivity index (χ1v) is 6.85. The largest absolute Gasteiger partial charge is 0.343 e. The lowest BCUT2D eigenvalue weighted by molar-refractivity contribution is -0.384. The maximum atomic E-state index is 13.4. The third-order valence-electron chi connectivity index (χ3n) is 3.49. The van der Waals surface area contributed by atoms with Crippen molar-refractivity contribution in [1.82, 2.24) is 4.57 Å². The Labute approximate surface area is 128 Å². The number of hydrogen-bond acceptors (Lipinski definition) is 2. The second kappa shape index (κ2) is 6.39. The summed E-state index contributed by atoms with van der Waals surface area (Å²) in [5, 5.41) is 11.7. The van der Waals surface area contributed by atoms with E-state index in [-0.39, 0.29) is 5.69 Å². The molecule has 2 aromatic rings. The van der Waals surface area contributed by atoms with Crippen LogP contribution in [0, 0.1) is 17.0 Å². The Balaban J connectivity index is 2.45. The Kier molecular flexibility index (Phi) is 4.56. The van der Waals surface area contributed by atoms with Crippen molar-refractivity contribution in [2.45, 2.75) is 20.4 Å². The molecule has 0 radical (unpaired) electrons. The highest BCUT2D eigenvalue weighted by Crippen LogP contribution is 2.26. The molecule has 2 rings (SSSR count). The number of hydrogen-bond donors (Lipinski definition) is 0. The quantitative estimate of drug-likeness (QED) is 0.450. The van der Waals surface area contributed by atoms with Crippen LogP contribution in [0.1, 0.15) is 12.5 Å². The Morgan fingerprint density at radius 3 is 2.82 bits per heavy atom. The van der Waals surface area contributed by atoms with Gasteiger partial charge in [0.2, 0.25) is 0 Å². The van der Waals surface area contributed by atoms with Crippen molar-refractivity contribution in [3.8, 4) is 0 Å². The summed E-state index contributed by atoms with van der Waals surface area (Å²) in [5.41, 5.74) is 2.61. The van der Waals surface area contributed by atoms with Crippen LogP contribution in [0.25, 0.3) is 10.9 Å². The van der Waals surface area contributed by atoms with Crippen LogP contribution in [0.4, 0.5) is 10.1 Å². The monoisotopic (exact) mass is 300 g/mol. The molecule has 5 heteroatoms. The molecule has 114 valence electrons. The Morgan fingerprint density at radius 1 is 1.50 bits per heavy atom. The molecule has 0 saturated heterocycles. The molecule has 0 spiro atoms. The van der Waals surface area contributed by atoms with Crippen molar-refractivity contribution in [3.63, 3.8) is 0 Å². The van der Waals surface area contributed by atoms with Crippen molar-refractivity contribution in [1.29, 1.82) is 0 Å². The van der Waals surface area contributed by atoms with Gasteiger partial charge in [0, 0.05) is 30.3 Å². The number of fused-ring (bicyclic) bond motifs is 1. The molecule has 0 atom stereocenters. The molecule has 4 nitrogen and oxygen atoms in total. The number of halogens is 1. The average molecular weight is 300 g/mol. The minimum atomic E-state index is -0.399. The zero-order valence-electron chi connectivity index (χ0n) is 12.5. The van der Waals surface area contributed by atoms with Gasteiger partial charge in [-0.1, -0.05) is 12.7 Å². The molecular formula is C17H17FN2O2. The standard InChI is InChI=1S/C17H17FN2O2/c1-4-13(9-15(18)5-2)11-19-7-6-14-10-16(20(21)22)8-12(3)17(14)19/h4-10H,2,11H2,1,3H3/b13-4+,15-9+. The topological polar surface area (TPSA) is 48.1 Å². The number of rotatable bonds is 5. The summed E-state index contributed by atoms with van der Waals surface area (Å²) in [6, 6.07) is 4.93. The lowest BCUT2D eigenvalue weighted by Crippen LogP contribution is -2.00. The fourth-order valence-corrected chi connectivity index (χ4v) is 2.44. The van der Waals surface area contributed by atoms with Crippen LogP contribution in [0.5, 0.6) is 0 Å². The fraction of sp³-hybridized carbons (Fsp3) is 0.176. The molecule has 22 heavy (non-hydrogen) atoms. The number of aromatic nitrogens is 1. The Morgan fingerprint density at radius 2 is 2.23 bits per heavy atom. The van der Waals surface area contributed by atoms with E-state index in [9.17, 15) is 14.5 Å². The summed E-state index contributed by atoms with van der Waals surface area (Å²) >= 11 is 0. The Hall–Kier alpha value is -2.69. The third kappa shape index (κ3) is 3.14. The highest BCUT2D eigenvalue weighted by Gasteiger charge is 2.12. The van der Waals surface area contributed by atoms with Crippen LogP contribution < -0.4 is 0 Å². The SMILES string of the molecule is C=C/C(F)=C\C(=C/C)Cn1ccc2cc([N+](=O)[O-])cc(C)c21. The van der Waals surface area contributed by atoms with Crippen LogP contribution in [-0.4, -0.2) is 9.49 Å². The van der Waals surface area contributed by atoms with E-state index in [1.54, 1.807) is 12.1 Å². The van der Waals surface area contributed by atoms with Gasteiger partial charge in [0.05, 0.1) is 10.4 Å². The highest BCUT2D eigenvalue weighted by atomic mass is 19.1. The minimum absolute atomic E-state index is 0.0756. The Bertz CT molecular complexity index is 800. The molecule has 1 aromatic carbocycles. The van der Waals surface area contributed by atoms with Crippen LogP contribution in [0.2, 0.25) is 0 Å². The van der Waals surface area contributed by atoms with E-state index in [1.165, 1.54) is 6.08 Å². The predicted molar refractivity (Wildman–Crippen MR) is 86.5 cm³/mol. The van der Waals surface area contributed by atoms with Gasteiger partial charge >= 0.3 is 0 Å². The fourth-order valence-electron chi connectivity index (χ4n) is 2.44. The summed E-state index contributed by atoms with van der Waals surface area (Å²) in [6.07, 6.45) is 6.27. The van der Waals surface area contributed by atoms with E-state index in [0.717, 1.165) is 28.1 Å². The van der Waals surface area contributed by atoms with Crippen molar-refractivity contribution < 1.29 is 9.31 Å². The number of non-ortho nitro benzene ring substituents is 1. The molecule has 0 aliphatic carbocycles. The smallest absolute Gasteiger partial charge is 0.270 e. The molecule has 0 bridgehead atoms. The summed E-state index contributed by atoms with van der Waals surface area (Å²) in [5.74, 6) is -0.392. The lowest BCUT2D eigenvalue weighted by atomic mass is 10.1. The molecule has 0 aliphatic rings. The number of nitro groups is 1. The summed E-state index contributed by atoms with van der Waals surface area (Å²) in [7, 11) is 0. The molecule has 0 N–H and O–H groups in total. The highest BCUT2D eigenvalue weighted by molar-refractivity contribution is 5.85. The van der Waals surface area contributed by atoms with E-state index >= 15 is 0 Å². The van der Waals surface area contributed by atoms with E-state index in [1.807, 2.05) is 36.8 Å². The van der Waals surface area contributed by atoms with Gasteiger partial charge < -0.3 is 4.57 Å². The number of aryl methyl sites for hydroxylation is 1. The molecule has 1 aromatic heterocycles. The first kappa shape index (κ1) is 15.7. The number of benzene rings is 1. The summed E-state index contributed by atoms with van der Waals surface area (Å²) in [6.45, 7) is 7.55. The third-order valence-corrected chi connectivity index (χ3v) is 3.49. The summed E-state index contributed by atoms with van der Waals surface area (Å²) in [4.78, 5) is 10.5. The van der Waals surface area contributed by atoms with Crippen LogP contribution in [0.3, 0.4) is 0 Å². The average Bonchev–Trinajstić information content (AvgIpc) is 2.89. The van der Waals surface area contributed by atoms with Gasteiger partial charge in [-0.3, -0.25) is 10.1 Å². The van der Waals surface area contributed by atoms with Crippen LogP contribution >= 0.6 is 0 Å². The zero-order chi connectivity index (χ0) is 16.3. The van der Waals surface area contributed by atoms with Gasteiger partial charge in [-0.25, -0.2) is 4.39 Å². The van der Waals surface area contributed by atoms with Gasteiger partial charge in [0.25, 0.3) is 5.69 Å². The van der Waals surface area contributed by atoms with Gasteiger partial charge in [-0.15, -0.1) is 0 Å². The number of nitro benzene ring substituents is 1. The number of allylic oxidation sites excluding steroid dienone is 5. The van der Waals surface area contributed by atoms with Crippen molar-refractivity contribution >= 4 is 16.6 Å². The van der Waals surface area contributed by atoms with Crippen LogP contribution in [-0.2, 0) is 6.54 Å². The van der Waals surface area contributed by atoms with Gasteiger partial charge in [0.1, 0.15) is 5.83 Å². The van der Waals surface area contributed by atoms with Crippen molar-refractivity contribution in [2.75, 3.05) is 0 Å². The first-order valence-electron chi connectivity index (χ1n) is 6.85. The van der Waals surface area contributed by atoms with Gasteiger partial charge in [-0.2, -0.15) is 0 Å². The van der Waals surface area contributed by atoms with E-state index in [4.69, 9.17) is 0 Å². The van der Waals surface area contributed by atoms with Crippen molar-refractivity contribution in [2.24, 2.45) is 0 Å². The predicted octanol–water partition coefficient (Wildman–Crippen LogP) is 4.84. The van der Waals surface area contributed by atoms with Gasteiger partial charge in [-0.05, 0) is 43.2 Å². The van der Waals surface area contributed by atoms with E-state index in [0.29, 0.717) is 6.54 Å². The molecule has 0 aliphatic heterocycles. The van der Waals surface area contributed by atoms with Gasteiger partial charge in [0.15, 0.2) is 0 Å². The van der Waals surface area contributed by atoms with Crippen LogP contribution in [0.15, 0.2) is 60.6 Å². The molecule has 0 fully saturated rings. The molecule has 0 amide bonds. The molecular weight excluding hydrogens is 283 g/mol. The minimum Gasteiger partial charge on any atom is -0.343 e. The maximum Gasteiger partial charge on any atom is 0.270 e. The molecule has 1 heterocycles. The molecule has 0 saturated carbocycles. The number of nitrogens with zero attached hydrogens (tertiary/aromatic N) is 2. The molecule has 0 unspecified atom stereocenters. The zero-order valence-corrected chi connectivity index (χ0v) is 12.5. The normalized spacial score (nSPS) is 12.7. The van der Waals surface area contributed by atoms with Crippen molar-refractivity contribution in [3.05, 3.63) is 76.3 Å². The second-order valence-electron chi connectivity index (χ2n) is 5.00. The first-order chi connectivity index (χ1) is 10.5. The van der Waals surface area contributed by atoms with E-state index < -0.39 is 10.8 Å². The van der Waals surface area contributed by atoms with E-state index in [2.05, 4.69) is 6.58 Å². The maximum absolute atomic E-state index is 13.4. The lowest BCUT2D eigenvalue weighted by Gasteiger charge is -2.08.